The number of nitrogens with one attached hydrogen (secondary N) is 2. The van der Waals surface area contributed by atoms with Crippen molar-refractivity contribution in [3.05, 3.63) is 136 Å². The number of hydrogen-bond donors (Lipinski definition) is 2. The average molecular weight is 509 g/mol. The predicted octanol–water partition coefficient (Wildman–Crippen LogP) is 5.66. The zero-order valence-corrected chi connectivity index (χ0v) is 20.7. The van der Waals surface area contributed by atoms with Crippen LogP contribution in [0.1, 0.15) is 28.7 Å². The molecule has 0 atom stereocenters. The molecule has 0 aromatic heterocycles. The smallest absolute Gasteiger partial charge is 0.287 e. The lowest BCUT2D eigenvalue weighted by Crippen LogP contribution is -2.38. The molecule has 4 aromatic carbocycles. The van der Waals surface area contributed by atoms with Crippen LogP contribution in [-0.2, 0) is 16.9 Å². The third-order valence-corrected chi connectivity index (χ3v) is 6.59. The molecule has 7 heteroatoms. The van der Waals surface area contributed by atoms with Crippen molar-refractivity contribution in [2.75, 3.05) is 0 Å². The summed E-state index contributed by atoms with van der Waals surface area (Å²) >= 11 is 6.18. The molecule has 0 unspecified atom stereocenters. The summed E-state index contributed by atoms with van der Waals surface area (Å²) in [5.74, 6) is 0.364. The van der Waals surface area contributed by atoms with E-state index < -0.39 is 5.54 Å². The number of rotatable bonds is 8. The number of carbonyl (C=O) groups is 1. The van der Waals surface area contributed by atoms with Gasteiger partial charge in [0.15, 0.2) is 0 Å². The molecule has 2 N–H and O–H groups in total. The second-order valence-electron chi connectivity index (χ2n) is 8.63. The van der Waals surface area contributed by atoms with Gasteiger partial charge < -0.3 is 4.74 Å². The van der Waals surface area contributed by atoms with Crippen LogP contribution >= 0.6 is 11.6 Å². The van der Waals surface area contributed by atoms with Crippen molar-refractivity contribution in [2.45, 2.75) is 18.6 Å². The molecule has 1 aliphatic rings. The lowest BCUT2D eigenvalue weighted by atomic mass is 9.80. The molecule has 1 heterocycles. The second-order valence-corrected chi connectivity index (χ2v) is 9.04. The van der Waals surface area contributed by atoms with Crippen LogP contribution in [0.25, 0.3) is 0 Å². The third kappa shape index (κ3) is 5.55. The number of halogens is 1. The lowest BCUT2D eigenvalue weighted by molar-refractivity contribution is -0.114. The zero-order chi connectivity index (χ0) is 25.5. The van der Waals surface area contributed by atoms with Crippen molar-refractivity contribution in [2.24, 2.45) is 10.2 Å². The SMILES string of the molecule is O=C(N/N=C/c1ccc(OCc2ccccc2Cl)cc1)C1=NNC(c2ccccc2)(c2ccccc2)C1. The maximum Gasteiger partial charge on any atom is 0.287 e. The summed E-state index contributed by atoms with van der Waals surface area (Å²) in [7, 11) is 0. The fraction of sp³-hybridized carbons (Fsp3) is 0.100. The number of nitrogens with zero attached hydrogens (tertiary/aromatic N) is 2. The predicted molar refractivity (Wildman–Crippen MR) is 147 cm³/mol. The largest absolute Gasteiger partial charge is 0.489 e. The Balaban J connectivity index is 1.20. The molecule has 4 aromatic rings. The maximum atomic E-state index is 12.9. The Morgan fingerprint density at radius 1 is 0.919 bits per heavy atom. The molecule has 0 bridgehead atoms. The number of ether oxygens (including phenoxy) is 1. The van der Waals surface area contributed by atoms with E-state index in [9.17, 15) is 4.79 Å². The Kier molecular flexibility index (Phi) is 7.28. The molecule has 0 saturated carbocycles. The van der Waals surface area contributed by atoms with Gasteiger partial charge in [-0.15, -0.1) is 0 Å². The number of benzene rings is 4. The van der Waals surface area contributed by atoms with E-state index in [2.05, 4.69) is 21.1 Å². The molecule has 0 spiro atoms. The van der Waals surface area contributed by atoms with Crippen molar-refractivity contribution in [1.82, 2.24) is 10.9 Å². The van der Waals surface area contributed by atoms with Crippen LogP contribution in [0.4, 0.5) is 0 Å². The molecular weight excluding hydrogens is 484 g/mol. The first-order valence-corrected chi connectivity index (χ1v) is 12.3. The Morgan fingerprint density at radius 3 is 2.19 bits per heavy atom. The van der Waals surface area contributed by atoms with Gasteiger partial charge in [0.1, 0.15) is 23.6 Å². The Labute approximate surface area is 220 Å². The molecule has 184 valence electrons. The molecule has 5 rings (SSSR count). The molecule has 0 aliphatic carbocycles. The highest BCUT2D eigenvalue weighted by Gasteiger charge is 2.41. The normalized spacial score (nSPS) is 14.1. The van der Waals surface area contributed by atoms with Crippen molar-refractivity contribution in [3.63, 3.8) is 0 Å². The van der Waals surface area contributed by atoms with Crippen LogP contribution < -0.4 is 15.6 Å². The molecule has 1 aliphatic heterocycles. The minimum Gasteiger partial charge on any atom is -0.489 e. The number of hydrazone groups is 2. The minimum atomic E-state index is -0.612. The fourth-order valence-corrected chi connectivity index (χ4v) is 4.42. The van der Waals surface area contributed by atoms with E-state index in [1.54, 1.807) is 6.21 Å². The Hall–Kier alpha value is -4.42. The number of carbonyl (C=O) groups excluding carboxylic acids is 1. The molecule has 0 saturated heterocycles. The highest BCUT2D eigenvalue weighted by atomic mass is 35.5. The zero-order valence-electron chi connectivity index (χ0n) is 20.0. The summed E-state index contributed by atoms with van der Waals surface area (Å²) in [6.07, 6.45) is 1.99. The van der Waals surface area contributed by atoms with Crippen molar-refractivity contribution in [3.8, 4) is 5.75 Å². The van der Waals surface area contributed by atoms with Gasteiger partial charge in [-0.05, 0) is 47.0 Å². The van der Waals surface area contributed by atoms with E-state index in [1.807, 2.05) is 109 Å². The highest BCUT2D eigenvalue weighted by molar-refractivity contribution is 6.39. The van der Waals surface area contributed by atoms with E-state index in [-0.39, 0.29) is 5.91 Å². The van der Waals surface area contributed by atoms with Crippen molar-refractivity contribution in [1.29, 1.82) is 0 Å². The quantitative estimate of drug-likeness (QED) is 0.238. The molecule has 1 amide bonds. The lowest BCUT2D eigenvalue weighted by Gasteiger charge is -2.30. The average Bonchev–Trinajstić information content (AvgIpc) is 3.41. The fourth-order valence-electron chi connectivity index (χ4n) is 4.23. The molecule has 6 nitrogen and oxygen atoms in total. The van der Waals surface area contributed by atoms with E-state index in [1.165, 1.54) is 0 Å². The van der Waals surface area contributed by atoms with Gasteiger partial charge in [0.05, 0.1) is 6.21 Å². The van der Waals surface area contributed by atoms with E-state index in [0.717, 1.165) is 22.3 Å². The molecule has 37 heavy (non-hydrogen) atoms. The van der Waals surface area contributed by atoms with Gasteiger partial charge in [0.2, 0.25) is 0 Å². The Morgan fingerprint density at radius 2 is 1.54 bits per heavy atom. The first kappa shape index (κ1) is 24.3. The molecule has 0 radical (unpaired) electrons. The first-order chi connectivity index (χ1) is 18.1. The summed E-state index contributed by atoms with van der Waals surface area (Å²) in [6.45, 7) is 0.382. The standard InChI is InChI=1S/C30H25ClN4O2/c31-27-14-8-7-9-23(27)21-37-26-17-15-22(16-18-26)20-32-34-29(36)28-19-30(35-33-28,24-10-3-1-4-11-24)25-12-5-2-6-13-25/h1-18,20,35H,19,21H2,(H,34,36)/b32-20+. The number of amides is 1. The second kappa shape index (κ2) is 11.1. The summed E-state index contributed by atoms with van der Waals surface area (Å²) < 4.78 is 5.81. The number of hydrogen-bond acceptors (Lipinski definition) is 5. The van der Waals surface area contributed by atoms with Gasteiger partial charge in [0, 0.05) is 17.0 Å². The molecule has 0 fully saturated rings. The first-order valence-electron chi connectivity index (χ1n) is 11.9. The van der Waals surface area contributed by atoms with Crippen LogP contribution in [0.3, 0.4) is 0 Å². The van der Waals surface area contributed by atoms with Crippen LogP contribution in [-0.4, -0.2) is 17.8 Å². The third-order valence-electron chi connectivity index (χ3n) is 6.22. The van der Waals surface area contributed by atoms with E-state index in [0.29, 0.717) is 29.5 Å². The summed E-state index contributed by atoms with van der Waals surface area (Å²) in [5, 5.41) is 9.18. The van der Waals surface area contributed by atoms with Gasteiger partial charge >= 0.3 is 0 Å². The summed E-state index contributed by atoms with van der Waals surface area (Å²) in [5.41, 5.74) is 9.41. The monoisotopic (exact) mass is 508 g/mol. The van der Waals surface area contributed by atoms with Crippen LogP contribution in [0, 0.1) is 0 Å². The van der Waals surface area contributed by atoms with E-state index >= 15 is 0 Å². The van der Waals surface area contributed by atoms with Gasteiger partial charge in [-0.25, -0.2) is 5.43 Å². The van der Waals surface area contributed by atoms with Crippen LogP contribution in [0.5, 0.6) is 5.75 Å². The maximum absolute atomic E-state index is 12.9. The summed E-state index contributed by atoms with van der Waals surface area (Å²) in [4.78, 5) is 12.9. The van der Waals surface area contributed by atoms with Gasteiger partial charge in [0.25, 0.3) is 5.91 Å². The van der Waals surface area contributed by atoms with Gasteiger partial charge in [-0.1, -0.05) is 90.5 Å². The van der Waals surface area contributed by atoms with Gasteiger partial charge in [-0.3, -0.25) is 10.2 Å². The Bertz CT molecular complexity index is 1380. The minimum absolute atomic E-state index is 0.350. The topological polar surface area (TPSA) is 75.1 Å². The van der Waals surface area contributed by atoms with E-state index in [4.69, 9.17) is 16.3 Å². The van der Waals surface area contributed by atoms with Crippen molar-refractivity contribution < 1.29 is 9.53 Å². The summed E-state index contributed by atoms with van der Waals surface area (Å²) in [6, 6.07) is 35.0. The van der Waals surface area contributed by atoms with Crippen molar-refractivity contribution >= 4 is 29.4 Å². The van der Waals surface area contributed by atoms with Gasteiger partial charge in [-0.2, -0.15) is 10.2 Å². The highest BCUT2D eigenvalue weighted by Crippen LogP contribution is 2.36. The van der Waals surface area contributed by atoms with Crippen LogP contribution in [0.15, 0.2) is 119 Å². The van der Waals surface area contributed by atoms with Crippen LogP contribution in [0.2, 0.25) is 5.02 Å². The molecular formula is C30H25ClN4O2.